The molecule has 0 aliphatic carbocycles. The Morgan fingerprint density at radius 2 is 0.743 bits per heavy atom. The third-order valence-corrected chi connectivity index (χ3v) is 14.4. The lowest BCUT2D eigenvalue weighted by molar-refractivity contribution is -0.134. The Labute approximate surface area is 592 Å². The van der Waals surface area contributed by atoms with E-state index in [1.165, 1.54) is 58.5 Å². The number of amides is 4. The first kappa shape index (κ1) is 76.1. The molecule has 0 saturated heterocycles. The van der Waals surface area contributed by atoms with Gasteiger partial charge in [0, 0.05) is 75.6 Å². The number of benzene rings is 3. The van der Waals surface area contributed by atoms with Crippen molar-refractivity contribution in [2.75, 3.05) is 99.0 Å². The van der Waals surface area contributed by atoms with Crippen LogP contribution >= 0.6 is 0 Å². The van der Waals surface area contributed by atoms with Gasteiger partial charge in [-0.2, -0.15) is 15.3 Å². The fourth-order valence-corrected chi connectivity index (χ4v) is 9.58. The predicted molar refractivity (Wildman–Crippen MR) is 380 cm³/mol. The minimum absolute atomic E-state index is 0.0175. The van der Waals surface area contributed by atoms with Crippen LogP contribution in [0.3, 0.4) is 0 Å². The number of aliphatic carboxylic acids is 2. The van der Waals surface area contributed by atoms with Crippen LogP contribution in [0.2, 0.25) is 0 Å². The van der Waals surface area contributed by atoms with Gasteiger partial charge in [0.05, 0.1) is 57.1 Å². The summed E-state index contributed by atoms with van der Waals surface area (Å²) in [6.45, 7) is 0.482. The number of nitrogens with two attached hydrogens (primary N) is 6. The Kier molecular flexibility index (Phi) is 24.9. The molecule has 12 rings (SSSR count). The normalized spacial score (nSPS) is 10.6. The molecule has 542 valence electrons. The highest BCUT2D eigenvalue weighted by Crippen LogP contribution is 2.36. The smallest absolute Gasteiger partial charge is 0.413 e. The van der Waals surface area contributed by atoms with Gasteiger partial charge in [0.2, 0.25) is 6.41 Å². The Balaban J connectivity index is 0.000000183. The van der Waals surface area contributed by atoms with E-state index in [1.54, 1.807) is 138 Å². The fourth-order valence-electron chi connectivity index (χ4n) is 9.58. The molecule has 36 nitrogen and oxygen atoms in total. The molecule has 12 aromatic rings. The second-order valence-corrected chi connectivity index (χ2v) is 21.7. The van der Waals surface area contributed by atoms with Gasteiger partial charge in [-0.3, -0.25) is 19.9 Å². The maximum atomic E-state index is 14.2. The van der Waals surface area contributed by atoms with Gasteiger partial charge < -0.3 is 63.7 Å². The molecule has 15 N–H and O–H groups in total. The molecule has 0 radical (unpaired) electrons. The van der Waals surface area contributed by atoms with Gasteiger partial charge in [-0.25, -0.2) is 96.0 Å². The standard InChI is InChI=1S/2C20H19FN8O2.C19H17FN8O2.C4H4O4.C3H7NO/c2*1-28(20(30)31-2)15-16(22)25-18(26-17(15)23)14-12-7-5-9-24-19(12)29(27-14)10-11-6-3-4-8-13(11)21;1-30-19(29)24-14-15(21)25-17(26-16(14)22)13-11-6-4-8-23-18(11)28(27-13)9-10-5-2-3-7-12(10)20;5-3(6)1-2-4(7)8;1-4(2)3-5/h2*3-9H,10H2,1-2H3,(H4,22,23,25,26);2-8H,9H2,1H3,(H,24,29)(H4,21,22,25,26);1-2H,(H,5,6)(H,7,8);3H,1-2H3/b;;;2-1-;. The van der Waals surface area contributed by atoms with Gasteiger partial charge in [-0.1, -0.05) is 54.6 Å². The van der Waals surface area contributed by atoms with Gasteiger partial charge in [-0.05, 0) is 54.6 Å². The Hall–Kier alpha value is -14.7. The minimum atomic E-state index is -1.26. The summed E-state index contributed by atoms with van der Waals surface area (Å²) in [5.41, 5.74) is 40.6. The van der Waals surface area contributed by atoms with E-state index >= 15 is 0 Å². The summed E-state index contributed by atoms with van der Waals surface area (Å²) in [6, 6.07) is 29.9. The lowest BCUT2D eigenvalue weighted by Crippen LogP contribution is -2.28. The molecule has 0 aliphatic rings. The van der Waals surface area contributed by atoms with E-state index in [2.05, 4.69) is 79.7 Å². The lowest BCUT2D eigenvalue weighted by Gasteiger charge is -2.18. The highest BCUT2D eigenvalue weighted by atomic mass is 19.1. The van der Waals surface area contributed by atoms with Crippen molar-refractivity contribution in [3.63, 3.8) is 0 Å². The number of hydrogen-bond donors (Lipinski definition) is 9. The van der Waals surface area contributed by atoms with Crippen LogP contribution in [0.4, 0.5) is 79.5 Å². The zero-order chi connectivity index (χ0) is 76.3. The lowest BCUT2D eigenvalue weighted by atomic mass is 10.2. The van der Waals surface area contributed by atoms with Crippen LogP contribution < -0.4 is 49.5 Å². The number of ether oxygens (including phenoxy) is 3. The molecule has 4 amide bonds. The van der Waals surface area contributed by atoms with E-state index in [0.29, 0.717) is 79.0 Å². The largest absolute Gasteiger partial charge is 0.478 e. The predicted octanol–water partition coefficient (Wildman–Crippen LogP) is 6.72. The zero-order valence-corrected chi connectivity index (χ0v) is 56.7. The van der Waals surface area contributed by atoms with Crippen LogP contribution in [0.5, 0.6) is 0 Å². The Morgan fingerprint density at radius 1 is 0.457 bits per heavy atom. The van der Waals surface area contributed by atoms with Crippen molar-refractivity contribution in [1.82, 2.24) is 79.1 Å². The number of fused-ring (bicyclic) bond motifs is 3. The molecule has 0 saturated carbocycles. The molecule has 3 aromatic carbocycles. The summed E-state index contributed by atoms with van der Waals surface area (Å²) in [7, 11) is 9.95. The van der Waals surface area contributed by atoms with Crippen molar-refractivity contribution in [2.45, 2.75) is 19.6 Å². The molecule has 0 atom stereocenters. The Morgan fingerprint density at radius 3 is 1.00 bits per heavy atom. The van der Waals surface area contributed by atoms with E-state index in [9.17, 15) is 41.9 Å². The number of nitrogens with zero attached hydrogens (tertiary/aromatic N) is 18. The summed E-state index contributed by atoms with van der Waals surface area (Å²) >= 11 is 0. The summed E-state index contributed by atoms with van der Waals surface area (Å²) in [6.07, 6.45) is 4.61. The highest BCUT2D eigenvalue weighted by molar-refractivity contribution is 5.99. The third-order valence-electron chi connectivity index (χ3n) is 14.4. The van der Waals surface area contributed by atoms with E-state index in [4.69, 9.17) is 44.6 Å². The van der Waals surface area contributed by atoms with Crippen molar-refractivity contribution in [3.05, 3.63) is 174 Å². The number of anilines is 9. The third kappa shape index (κ3) is 18.4. The van der Waals surface area contributed by atoms with Crippen LogP contribution in [0.15, 0.2) is 140 Å². The summed E-state index contributed by atoms with van der Waals surface area (Å²) in [5.74, 6) is -3.27. The molecular weight excluding hydrogens is 1380 g/mol. The second-order valence-electron chi connectivity index (χ2n) is 21.7. The minimum Gasteiger partial charge on any atom is -0.478 e. The van der Waals surface area contributed by atoms with Crippen molar-refractivity contribution in [2.24, 2.45) is 0 Å². The second kappa shape index (κ2) is 34.4. The highest BCUT2D eigenvalue weighted by Gasteiger charge is 2.27. The molecule has 39 heteroatoms. The Bertz CT molecular complexity index is 4950. The van der Waals surface area contributed by atoms with Gasteiger partial charge >= 0.3 is 30.2 Å². The van der Waals surface area contributed by atoms with E-state index in [-0.39, 0.29) is 107 Å². The number of hydrogen-bond acceptors (Lipinski definition) is 27. The number of aromatic nitrogens is 15. The molecule has 0 aliphatic heterocycles. The van der Waals surface area contributed by atoms with Crippen molar-refractivity contribution in [1.29, 1.82) is 0 Å². The van der Waals surface area contributed by atoms with Crippen molar-refractivity contribution >= 4 is 122 Å². The first-order chi connectivity index (χ1) is 50.2. The molecule has 9 heterocycles. The molecule has 105 heavy (non-hydrogen) atoms. The van der Waals surface area contributed by atoms with Crippen LogP contribution in [-0.2, 0) is 48.2 Å². The summed E-state index contributed by atoms with van der Waals surface area (Å²) < 4.78 is 61.0. The summed E-state index contributed by atoms with van der Waals surface area (Å²) in [5, 5.41) is 33.6. The topological polar surface area (TPSA) is 518 Å². The van der Waals surface area contributed by atoms with Crippen molar-refractivity contribution < 1.29 is 66.4 Å². The van der Waals surface area contributed by atoms with Crippen LogP contribution in [0.1, 0.15) is 16.7 Å². The monoisotopic (exact) mass is 1440 g/mol. The molecule has 0 bridgehead atoms. The SMILES string of the molecule is CN(C)C=O.COC(=O)N(C)c1c(N)nc(-c2nn(Cc3ccccc3F)c3ncccc23)nc1N.COC(=O)N(C)c1c(N)nc(-c2nn(Cc3ccccc3F)c3ncccc23)nc1N.COC(=O)Nc1c(N)nc(-c2nn(Cc3ccccc3F)c3ncccc23)nc1N.O=C(O)/C=C\C(=O)O. The molecule has 0 fully saturated rings. The number of nitrogens with one attached hydrogen (secondary N) is 1. The van der Waals surface area contributed by atoms with Gasteiger partial charge in [0.15, 0.2) is 69.3 Å². The number of pyridine rings is 3. The first-order valence-corrected chi connectivity index (χ1v) is 30.4. The number of carbonyl (C=O) groups excluding carboxylic acids is 4. The summed E-state index contributed by atoms with van der Waals surface area (Å²) in [4.78, 5) is 106. The number of carbonyl (C=O) groups is 6. The number of nitrogen functional groups attached to an aromatic ring is 6. The zero-order valence-electron chi connectivity index (χ0n) is 56.7. The average molecular weight is 1440 g/mol. The van der Waals surface area contributed by atoms with Gasteiger partial charge in [0.25, 0.3) is 0 Å². The quantitative estimate of drug-likeness (QED) is 0.0292. The number of halogens is 3. The number of carboxylic acids is 2. The molecule has 9 aromatic heterocycles. The van der Waals surface area contributed by atoms with Crippen LogP contribution in [0, 0.1) is 17.5 Å². The van der Waals surface area contributed by atoms with Crippen LogP contribution in [-0.4, -0.2) is 175 Å². The van der Waals surface area contributed by atoms with Crippen molar-refractivity contribution in [3.8, 4) is 34.6 Å². The van der Waals surface area contributed by atoms with Crippen LogP contribution in [0.25, 0.3) is 67.7 Å². The van der Waals surface area contributed by atoms with E-state index < -0.39 is 30.2 Å². The number of methoxy groups -OCH3 is 3. The van der Waals surface area contributed by atoms with Gasteiger partial charge in [-0.15, -0.1) is 0 Å². The maximum Gasteiger partial charge on any atom is 0.413 e. The van der Waals surface area contributed by atoms with Gasteiger partial charge in [0.1, 0.15) is 51.6 Å². The first-order valence-electron chi connectivity index (χ1n) is 30.4. The molecule has 0 spiro atoms. The molecule has 0 unspecified atom stereocenters. The van der Waals surface area contributed by atoms with E-state index in [0.717, 1.165) is 16.2 Å². The number of rotatable bonds is 15. The fraction of sp³-hybridized carbons (Fsp3) is 0.152. The molecular formula is C66H66F3N25O11. The maximum absolute atomic E-state index is 14.2. The average Bonchev–Trinajstić information content (AvgIpc) is 1.66. The van der Waals surface area contributed by atoms with E-state index in [1.807, 2.05) is 0 Å². The number of carboxylic acid groups (broad SMARTS) is 2.